The van der Waals surface area contributed by atoms with Crippen LogP contribution >= 0.6 is 0 Å². The van der Waals surface area contributed by atoms with Crippen LogP contribution in [0, 0.1) is 0 Å². The van der Waals surface area contributed by atoms with Gasteiger partial charge < -0.3 is 10.4 Å². The Hall–Kier alpha value is -2.06. The van der Waals surface area contributed by atoms with Crippen molar-refractivity contribution in [2.45, 2.75) is 6.42 Å². The summed E-state index contributed by atoms with van der Waals surface area (Å²) in [7, 11) is 0. The lowest BCUT2D eigenvalue weighted by Gasteiger charge is -2.06. The lowest BCUT2D eigenvalue weighted by Crippen LogP contribution is -1.89. The van der Waals surface area contributed by atoms with Gasteiger partial charge in [0, 0.05) is 18.0 Å². The molecule has 0 radical (unpaired) electrons. The van der Waals surface area contributed by atoms with E-state index in [-0.39, 0.29) is 6.61 Å². The van der Waals surface area contributed by atoms with E-state index in [1.165, 1.54) is 0 Å². The molecule has 0 saturated carbocycles. The van der Waals surface area contributed by atoms with Gasteiger partial charge in [-0.25, -0.2) is 0 Å². The lowest BCUT2D eigenvalue weighted by molar-refractivity contribution is 0.303. The van der Waals surface area contributed by atoms with Crippen LogP contribution in [0.3, 0.4) is 0 Å². The highest BCUT2D eigenvalue weighted by atomic mass is 16.2. The molecule has 0 heterocycles. The fraction of sp³-hybridized carbons (Fsp3) is 0.125. The third-order valence-electron chi connectivity index (χ3n) is 2.56. The number of aliphatic hydroxyl groups is 1. The first-order chi connectivity index (χ1) is 8.88. The Morgan fingerprint density at radius 1 is 0.944 bits per heavy atom. The van der Waals surface area contributed by atoms with Crippen molar-refractivity contribution in [1.82, 2.24) is 0 Å². The van der Waals surface area contributed by atoms with Gasteiger partial charge in [-0.05, 0) is 36.2 Å². The maximum atomic E-state index is 8.73. The average molecular weight is 239 g/mol. The SMILES string of the molecule is OCCC=Cc1cccc(Nc2ccccc2)c1. The Morgan fingerprint density at radius 2 is 1.72 bits per heavy atom. The number of rotatable bonds is 5. The van der Waals surface area contributed by atoms with Crippen LogP contribution in [0.2, 0.25) is 0 Å². The molecule has 2 rings (SSSR count). The first kappa shape index (κ1) is 12.4. The van der Waals surface area contributed by atoms with Gasteiger partial charge in [0.1, 0.15) is 0 Å². The summed E-state index contributed by atoms with van der Waals surface area (Å²) in [5, 5.41) is 12.1. The molecule has 2 aromatic rings. The van der Waals surface area contributed by atoms with Gasteiger partial charge in [-0.3, -0.25) is 0 Å². The molecule has 0 aliphatic carbocycles. The monoisotopic (exact) mass is 239 g/mol. The molecule has 0 saturated heterocycles. The molecule has 0 unspecified atom stereocenters. The highest BCUT2D eigenvalue weighted by Crippen LogP contribution is 2.18. The van der Waals surface area contributed by atoms with E-state index < -0.39 is 0 Å². The number of hydrogen-bond donors (Lipinski definition) is 2. The predicted octanol–water partition coefficient (Wildman–Crippen LogP) is 3.83. The lowest BCUT2D eigenvalue weighted by atomic mass is 10.1. The largest absolute Gasteiger partial charge is 0.396 e. The smallest absolute Gasteiger partial charge is 0.0465 e. The second-order valence-corrected chi connectivity index (χ2v) is 4.03. The zero-order valence-electron chi connectivity index (χ0n) is 10.2. The Morgan fingerprint density at radius 3 is 2.50 bits per heavy atom. The van der Waals surface area contributed by atoms with Gasteiger partial charge in [-0.2, -0.15) is 0 Å². The predicted molar refractivity (Wildman–Crippen MR) is 76.9 cm³/mol. The van der Waals surface area contributed by atoms with Gasteiger partial charge in [-0.1, -0.05) is 42.5 Å². The molecular formula is C16H17NO. The van der Waals surface area contributed by atoms with Crippen molar-refractivity contribution in [1.29, 1.82) is 0 Å². The molecule has 0 atom stereocenters. The molecule has 0 spiro atoms. The zero-order valence-corrected chi connectivity index (χ0v) is 10.2. The van der Waals surface area contributed by atoms with E-state index in [2.05, 4.69) is 11.4 Å². The molecule has 0 aliphatic rings. The normalized spacial score (nSPS) is 10.7. The first-order valence-electron chi connectivity index (χ1n) is 6.08. The van der Waals surface area contributed by atoms with Crippen molar-refractivity contribution >= 4 is 17.5 Å². The molecule has 18 heavy (non-hydrogen) atoms. The summed E-state index contributed by atoms with van der Waals surface area (Å²) < 4.78 is 0. The van der Waals surface area contributed by atoms with Gasteiger partial charge in [0.15, 0.2) is 0 Å². The van der Waals surface area contributed by atoms with E-state index in [4.69, 9.17) is 5.11 Å². The summed E-state index contributed by atoms with van der Waals surface area (Å²) in [4.78, 5) is 0. The van der Waals surface area contributed by atoms with Crippen molar-refractivity contribution in [3.63, 3.8) is 0 Å². The minimum atomic E-state index is 0.193. The van der Waals surface area contributed by atoms with Gasteiger partial charge in [0.2, 0.25) is 0 Å². The second-order valence-electron chi connectivity index (χ2n) is 4.03. The minimum Gasteiger partial charge on any atom is -0.396 e. The Labute approximate surface area is 108 Å². The number of para-hydroxylation sites is 1. The zero-order chi connectivity index (χ0) is 12.6. The van der Waals surface area contributed by atoms with E-state index in [1.54, 1.807) is 0 Å². The highest BCUT2D eigenvalue weighted by Gasteiger charge is 1.94. The van der Waals surface area contributed by atoms with Crippen molar-refractivity contribution in [2.24, 2.45) is 0 Å². The summed E-state index contributed by atoms with van der Waals surface area (Å²) in [6, 6.07) is 18.3. The minimum absolute atomic E-state index is 0.193. The maximum absolute atomic E-state index is 8.73. The molecular weight excluding hydrogens is 222 g/mol. The number of benzene rings is 2. The summed E-state index contributed by atoms with van der Waals surface area (Å²) >= 11 is 0. The summed E-state index contributed by atoms with van der Waals surface area (Å²) in [5.74, 6) is 0. The van der Waals surface area contributed by atoms with Crippen LogP contribution in [0.15, 0.2) is 60.7 Å². The quantitative estimate of drug-likeness (QED) is 0.831. The Kier molecular flexibility index (Phi) is 4.56. The molecule has 0 amide bonds. The van der Waals surface area contributed by atoms with Crippen molar-refractivity contribution < 1.29 is 5.11 Å². The van der Waals surface area contributed by atoms with Crippen LogP contribution in [0.5, 0.6) is 0 Å². The summed E-state index contributed by atoms with van der Waals surface area (Å²) in [6.07, 6.45) is 4.68. The summed E-state index contributed by atoms with van der Waals surface area (Å²) in [5.41, 5.74) is 3.27. The Bertz CT molecular complexity index is 506. The molecule has 2 N–H and O–H groups in total. The third kappa shape index (κ3) is 3.75. The van der Waals surface area contributed by atoms with Crippen LogP contribution in [-0.4, -0.2) is 11.7 Å². The van der Waals surface area contributed by atoms with E-state index in [0.29, 0.717) is 6.42 Å². The van der Waals surface area contributed by atoms with Crippen LogP contribution in [-0.2, 0) is 0 Å². The van der Waals surface area contributed by atoms with Gasteiger partial charge in [-0.15, -0.1) is 0 Å². The van der Waals surface area contributed by atoms with Crippen LogP contribution in [0.1, 0.15) is 12.0 Å². The molecule has 2 aromatic carbocycles. The molecule has 0 fully saturated rings. The Balaban J connectivity index is 2.08. The van der Waals surface area contributed by atoms with Crippen molar-refractivity contribution in [2.75, 3.05) is 11.9 Å². The van der Waals surface area contributed by atoms with Crippen LogP contribution in [0.25, 0.3) is 6.08 Å². The fourth-order valence-corrected chi connectivity index (χ4v) is 1.70. The van der Waals surface area contributed by atoms with Crippen molar-refractivity contribution in [3.8, 4) is 0 Å². The number of aliphatic hydroxyl groups excluding tert-OH is 1. The molecule has 2 nitrogen and oxygen atoms in total. The third-order valence-corrected chi connectivity index (χ3v) is 2.56. The topological polar surface area (TPSA) is 32.3 Å². The van der Waals surface area contributed by atoms with E-state index >= 15 is 0 Å². The fourth-order valence-electron chi connectivity index (χ4n) is 1.70. The van der Waals surface area contributed by atoms with Gasteiger partial charge in [0.25, 0.3) is 0 Å². The molecule has 2 heteroatoms. The first-order valence-corrected chi connectivity index (χ1v) is 6.08. The molecule has 0 aromatic heterocycles. The molecule has 0 bridgehead atoms. The summed E-state index contributed by atoms with van der Waals surface area (Å²) in [6.45, 7) is 0.193. The number of nitrogens with one attached hydrogen (secondary N) is 1. The second kappa shape index (κ2) is 6.62. The van der Waals surface area contributed by atoms with Gasteiger partial charge in [0.05, 0.1) is 0 Å². The van der Waals surface area contributed by atoms with Crippen molar-refractivity contribution in [3.05, 3.63) is 66.2 Å². The number of hydrogen-bond acceptors (Lipinski definition) is 2. The maximum Gasteiger partial charge on any atom is 0.0465 e. The standard InChI is InChI=1S/C16H17NO/c18-12-5-4-7-14-8-6-11-16(13-14)17-15-9-2-1-3-10-15/h1-4,6-11,13,17-18H,5,12H2. The number of anilines is 2. The average Bonchev–Trinajstić information content (AvgIpc) is 2.41. The van der Waals surface area contributed by atoms with E-state index in [9.17, 15) is 0 Å². The van der Waals surface area contributed by atoms with E-state index in [1.807, 2.05) is 60.7 Å². The van der Waals surface area contributed by atoms with Crippen LogP contribution < -0.4 is 5.32 Å². The molecule has 92 valence electrons. The van der Waals surface area contributed by atoms with Gasteiger partial charge >= 0.3 is 0 Å². The van der Waals surface area contributed by atoms with E-state index in [0.717, 1.165) is 16.9 Å². The highest BCUT2D eigenvalue weighted by molar-refractivity contribution is 5.63. The van der Waals surface area contributed by atoms with Crippen LogP contribution in [0.4, 0.5) is 11.4 Å². The molecule has 0 aliphatic heterocycles.